The van der Waals surface area contributed by atoms with Crippen LogP contribution in [-0.2, 0) is 6.58 Å². The van der Waals surface area contributed by atoms with E-state index in [0.29, 0.717) is 0 Å². The van der Waals surface area contributed by atoms with Crippen molar-refractivity contribution in [3.63, 3.8) is 0 Å². The van der Waals surface area contributed by atoms with Crippen LogP contribution in [0.4, 0.5) is 0 Å². The van der Waals surface area contributed by atoms with Gasteiger partial charge >= 0.3 is 0 Å². The zero-order valence-corrected chi connectivity index (χ0v) is 7.18. The fourth-order valence-corrected chi connectivity index (χ4v) is 1.39. The number of hydrogen-bond donors (Lipinski definition) is 1. The van der Waals surface area contributed by atoms with Crippen LogP contribution in [0.15, 0.2) is 12.1 Å². The second-order valence-electron chi connectivity index (χ2n) is 2.94. The lowest BCUT2D eigenvalue weighted by molar-refractivity contribution is 0.280. The van der Waals surface area contributed by atoms with E-state index < -0.39 is 6.58 Å². The van der Waals surface area contributed by atoms with Crippen molar-refractivity contribution in [1.29, 1.82) is 0 Å². The Morgan fingerprint density at radius 2 is 1.73 bits per heavy atom. The average Bonchev–Trinajstić information content (AvgIpc) is 1.82. The molecule has 0 fully saturated rings. The summed E-state index contributed by atoms with van der Waals surface area (Å²) in [6.07, 6.45) is 0. The van der Waals surface area contributed by atoms with Crippen LogP contribution in [0.2, 0.25) is 0 Å². The molecule has 0 aromatic heterocycles. The summed E-state index contributed by atoms with van der Waals surface area (Å²) in [5, 5.41) is 9.14. The average molecular weight is 151 g/mol. The summed E-state index contributed by atoms with van der Waals surface area (Å²) in [6.45, 7) is 4.76. The SMILES string of the molecule is [2H]C(O)c1c(C)cc(C)cc1C. The van der Waals surface area contributed by atoms with Crippen LogP contribution < -0.4 is 0 Å². The molecule has 0 aliphatic rings. The lowest BCUT2D eigenvalue weighted by Gasteiger charge is -2.07. The van der Waals surface area contributed by atoms with Gasteiger partial charge < -0.3 is 5.11 Å². The normalized spacial score (nSPS) is 14.4. The second kappa shape index (κ2) is 3.05. The first-order valence-corrected chi connectivity index (χ1v) is 3.70. The van der Waals surface area contributed by atoms with Crippen LogP contribution in [-0.4, -0.2) is 5.11 Å². The predicted molar refractivity (Wildman–Crippen MR) is 46.6 cm³/mol. The van der Waals surface area contributed by atoms with E-state index in [1.54, 1.807) is 0 Å². The van der Waals surface area contributed by atoms with Crippen molar-refractivity contribution < 1.29 is 6.48 Å². The van der Waals surface area contributed by atoms with E-state index in [2.05, 4.69) is 0 Å². The molecule has 1 aromatic carbocycles. The Kier molecular flexibility index (Phi) is 1.91. The van der Waals surface area contributed by atoms with Gasteiger partial charge in [-0.3, -0.25) is 0 Å². The maximum Gasteiger partial charge on any atom is 0.0686 e. The molecule has 1 atom stereocenters. The molecule has 1 nitrogen and oxygen atoms in total. The van der Waals surface area contributed by atoms with Gasteiger partial charge in [0.25, 0.3) is 0 Å². The van der Waals surface area contributed by atoms with E-state index >= 15 is 0 Å². The van der Waals surface area contributed by atoms with Gasteiger partial charge in [0.05, 0.1) is 7.95 Å². The number of hydrogen-bond acceptors (Lipinski definition) is 1. The van der Waals surface area contributed by atoms with Crippen molar-refractivity contribution in [3.05, 3.63) is 34.4 Å². The monoisotopic (exact) mass is 151 g/mol. The number of aryl methyl sites for hydroxylation is 3. The Bertz CT molecular complexity index is 269. The van der Waals surface area contributed by atoms with Gasteiger partial charge in [-0.15, -0.1) is 0 Å². The predicted octanol–water partition coefficient (Wildman–Crippen LogP) is 2.10. The summed E-state index contributed by atoms with van der Waals surface area (Å²) in [5.74, 6) is 0. The first-order chi connectivity index (χ1) is 5.52. The first kappa shape index (κ1) is 6.86. The highest BCUT2D eigenvalue weighted by molar-refractivity contribution is 5.36. The van der Waals surface area contributed by atoms with Crippen LogP contribution >= 0.6 is 0 Å². The van der Waals surface area contributed by atoms with Crippen LogP contribution in [0.3, 0.4) is 0 Å². The van der Waals surface area contributed by atoms with Crippen LogP contribution in [0.1, 0.15) is 23.6 Å². The van der Waals surface area contributed by atoms with Crippen LogP contribution in [0.25, 0.3) is 0 Å². The molecule has 11 heavy (non-hydrogen) atoms. The molecule has 0 amide bonds. The number of rotatable bonds is 1. The summed E-state index contributed by atoms with van der Waals surface area (Å²) < 4.78 is 7.23. The molecule has 0 aliphatic carbocycles. The van der Waals surface area contributed by atoms with E-state index in [0.717, 1.165) is 16.7 Å². The first-order valence-electron chi connectivity index (χ1n) is 4.28. The highest BCUT2D eigenvalue weighted by Gasteiger charge is 2.00. The Morgan fingerprint density at radius 1 is 1.27 bits per heavy atom. The molecule has 1 unspecified atom stereocenters. The molecule has 0 bridgehead atoms. The summed E-state index contributed by atoms with van der Waals surface area (Å²) >= 11 is 0. The molecule has 1 heteroatoms. The molecular weight excluding hydrogens is 136 g/mol. The molecule has 0 aliphatic heterocycles. The maximum absolute atomic E-state index is 9.14. The van der Waals surface area contributed by atoms with Crippen molar-refractivity contribution in [2.45, 2.75) is 27.4 Å². The van der Waals surface area contributed by atoms with Gasteiger partial charge in [-0.25, -0.2) is 0 Å². The Balaban J connectivity index is 3.28. The van der Waals surface area contributed by atoms with E-state index in [9.17, 15) is 0 Å². The fraction of sp³-hybridized carbons (Fsp3) is 0.400. The molecule has 0 spiro atoms. The van der Waals surface area contributed by atoms with Gasteiger partial charge in [0.15, 0.2) is 0 Å². The molecule has 1 N–H and O–H groups in total. The van der Waals surface area contributed by atoms with Gasteiger partial charge in [0.1, 0.15) is 0 Å². The van der Waals surface area contributed by atoms with Gasteiger partial charge in [-0.2, -0.15) is 0 Å². The lowest BCUT2D eigenvalue weighted by atomic mass is 10.0. The number of aliphatic hydroxyl groups is 1. The minimum absolute atomic E-state index is 0.737. The molecule has 0 saturated carbocycles. The van der Waals surface area contributed by atoms with E-state index in [-0.39, 0.29) is 0 Å². The van der Waals surface area contributed by atoms with Gasteiger partial charge in [0.2, 0.25) is 0 Å². The van der Waals surface area contributed by atoms with Gasteiger partial charge in [-0.05, 0) is 37.5 Å². The molecule has 0 saturated heterocycles. The summed E-state index contributed by atoms with van der Waals surface area (Å²) in [6, 6.07) is 3.97. The zero-order valence-electron chi connectivity index (χ0n) is 8.18. The second-order valence-corrected chi connectivity index (χ2v) is 2.94. The van der Waals surface area contributed by atoms with Crippen molar-refractivity contribution in [2.24, 2.45) is 0 Å². The van der Waals surface area contributed by atoms with Crippen molar-refractivity contribution in [2.75, 3.05) is 0 Å². The smallest absolute Gasteiger partial charge is 0.0686 e. The molecular formula is C10H14O. The van der Waals surface area contributed by atoms with Gasteiger partial charge in [0, 0.05) is 0 Å². The summed E-state index contributed by atoms with van der Waals surface area (Å²) in [7, 11) is 0. The highest BCUT2D eigenvalue weighted by atomic mass is 16.3. The highest BCUT2D eigenvalue weighted by Crippen LogP contribution is 2.15. The van der Waals surface area contributed by atoms with Gasteiger partial charge in [-0.1, -0.05) is 17.7 Å². The van der Waals surface area contributed by atoms with E-state index in [1.807, 2.05) is 32.9 Å². The molecule has 1 aromatic rings. The topological polar surface area (TPSA) is 20.2 Å². The fourth-order valence-electron chi connectivity index (χ4n) is 1.39. The molecule has 60 valence electrons. The molecule has 0 heterocycles. The third-order valence-corrected chi connectivity index (χ3v) is 1.87. The lowest BCUT2D eigenvalue weighted by Crippen LogP contribution is -1.93. The standard InChI is InChI=1S/C10H14O/c1-7-4-8(2)10(6-11)9(3)5-7/h4-5,11H,6H2,1-3H3/i6D. The summed E-state index contributed by atoms with van der Waals surface area (Å²) in [4.78, 5) is 0. The van der Waals surface area contributed by atoms with Crippen molar-refractivity contribution >= 4 is 0 Å². The third kappa shape index (κ3) is 1.60. The number of aliphatic hydroxyl groups excluding tert-OH is 1. The quantitative estimate of drug-likeness (QED) is 0.651. The Hall–Kier alpha value is -0.820. The molecule has 1 rings (SSSR count). The maximum atomic E-state index is 9.14. The van der Waals surface area contributed by atoms with Crippen LogP contribution in [0.5, 0.6) is 0 Å². The minimum atomic E-state index is -1.11. The minimum Gasteiger partial charge on any atom is -0.392 e. The number of benzene rings is 1. The van der Waals surface area contributed by atoms with Crippen LogP contribution in [0, 0.1) is 20.8 Å². The van der Waals surface area contributed by atoms with Crippen molar-refractivity contribution in [1.82, 2.24) is 0 Å². The van der Waals surface area contributed by atoms with E-state index in [4.69, 9.17) is 6.48 Å². The Labute approximate surface area is 69.1 Å². The third-order valence-electron chi connectivity index (χ3n) is 1.87. The Morgan fingerprint density at radius 3 is 2.09 bits per heavy atom. The molecule has 0 radical (unpaired) electrons. The van der Waals surface area contributed by atoms with E-state index in [1.165, 1.54) is 5.56 Å². The largest absolute Gasteiger partial charge is 0.392 e. The summed E-state index contributed by atoms with van der Waals surface area (Å²) in [5.41, 5.74) is 3.90. The van der Waals surface area contributed by atoms with Crippen molar-refractivity contribution in [3.8, 4) is 0 Å². The zero-order chi connectivity index (χ0) is 9.30.